The summed E-state index contributed by atoms with van der Waals surface area (Å²) in [5, 5.41) is 0. The van der Waals surface area contributed by atoms with E-state index in [9.17, 15) is 4.79 Å². The van der Waals surface area contributed by atoms with E-state index in [1.54, 1.807) is 7.11 Å². The van der Waals surface area contributed by atoms with Gasteiger partial charge in [-0.1, -0.05) is 30.7 Å². The molecule has 0 aliphatic heterocycles. The molecule has 1 aromatic carbocycles. The van der Waals surface area contributed by atoms with E-state index in [1.807, 2.05) is 37.3 Å². The second-order valence-corrected chi connectivity index (χ2v) is 5.79. The lowest BCUT2D eigenvalue weighted by atomic mass is 9.77. The van der Waals surface area contributed by atoms with E-state index in [1.165, 1.54) is 0 Å². The highest BCUT2D eigenvalue weighted by Crippen LogP contribution is 2.50. The average Bonchev–Trinajstić information content (AvgIpc) is 2.82. The number of hydrogen-bond donors (Lipinski definition) is 0. The zero-order valence-electron chi connectivity index (χ0n) is 12.7. The van der Waals surface area contributed by atoms with Gasteiger partial charge in [0.05, 0.1) is 25.7 Å². The molecule has 0 spiro atoms. The topological polar surface area (TPSA) is 35.5 Å². The van der Waals surface area contributed by atoms with Crippen molar-refractivity contribution in [3.8, 4) is 5.75 Å². The Morgan fingerprint density at radius 3 is 2.95 bits per heavy atom. The number of fused-ring (bicyclic) bond motifs is 3. The predicted molar refractivity (Wildman–Crippen MR) is 82.0 cm³/mol. The lowest BCUT2D eigenvalue weighted by Crippen LogP contribution is -2.34. The average molecular weight is 286 g/mol. The fourth-order valence-electron chi connectivity index (χ4n) is 3.79. The fourth-order valence-corrected chi connectivity index (χ4v) is 3.79. The summed E-state index contributed by atoms with van der Waals surface area (Å²) in [6, 6.07) is 5.79. The van der Waals surface area contributed by atoms with Gasteiger partial charge in [-0.2, -0.15) is 0 Å². The molecule has 3 unspecified atom stereocenters. The van der Waals surface area contributed by atoms with Crippen molar-refractivity contribution in [3.63, 3.8) is 0 Å². The van der Waals surface area contributed by atoms with Crippen molar-refractivity contribution in [1.29, 1.82) is 0 Å². The van der Waals surface area contributed by atoms with Crippen LogP contribution in [-0.2, 0) is 4.74 Å². The first kappa shape index (κ1) is 14.3. The van der Waals surface area contributed by atoms with Gasteiger partial charge in [0.25, 0.3) is 0 Å². The Kier molecular flexibility index (Phi) is 4.11. The minimum absolute atomic E-state index is 0.0320. The molecular weight excluding hydrogens is 264 g/mol. The van der Waals surface area contributed by atoms with Crippen molar-refractivity contribution >= 4 is 5.78 Å². The van der Waals surface area contributed by atoms with Crippen LogP contribution < -0.4 is 4.74 Å². The number of hydrogen-bond acceptors (Lipinski definition) is 3. The summed E-state index contributed by atoms with van der Waals surface area (Å²) in [7, 11) is 1.68. The fraction of sp³-hybridized carbons (Fsp3) is 0.500. The quantitative estimate of drug-likeness (QED) is 0.791. The Morgan fingerprint density at radius 2 is 2.19 bits per heavy atom. The Balaban J connectivity index is 1.91. The summed E-state index contributed by atoms with van der Waals surface area (Å²) in [5.74, 6) is 1.31. The summed E-state index contributed by atoms with van der Waals surface area (Å²) in [6.45, 7) is 2.57. The molecule has 2 aliphatic carbocycles. The third-order valence-corrected chi connectivity index (χ3v) is 4.71. The molecule has 3 atom stereocenters. The van der Waals surface area contributed by atoms with Crippen LogP contribution in [0.3, 0.4) is 0 Å². The molecule has 0 N–H and O–H groups in total. The van der Waals surface area contributed by atoms with Crippen LogP contribution in [0.15, 0.2) is 30.4 Å². The number of rotatable bonds is 4. The number of allylic oxidation sites excluding steroid dienone is 1. The number of benzene rings is 1. The predicted octanol–water partition coefficient (Wildman–Crippen LogP) is 3.74. The molecule has 0 saturated heterocycles. The normalized spacial score (nSPS) is 27.7. The highest BCUT2D eigenvalue weighted by Gasteiger charge is 2.47. The first-order valence-electron chi connectivity index (χ1n) is 7.71. The molecule has 1 saturated carbocycles. The lowest BCUT2D eigenvalue weighted by molar-refractivity contribution is 0.00376. The summed E-state index contributed by atoms with van der Waals surface area (Å²) >= 11 is 0. The maximum atomic E-state index is 12.8. The van der Waals surface area contributed by atoms with Gasteiger partial charge in [0.2, 0.25) is 0 Å². The highest BCUT2D eigenvalue weighted by molar-refractivity contribution is 6.04. The summed E-state index contributed by atoms with van der Waals surface area (Å²) in [6.07, 6.45) is 7.13. The molecule has 112 valence electrons. The number of carbonyl (C=O) groups excluding carboxylic acids is 1. The number of ether oxygens (including phenoxy) is 2. The van der Waals surface area contributed by atoms with Gasteiger partial charge in [0, 0.05) is 17.0 Å². The van der Waals surface area contributed by atoms with Crippen molar-refractivity contribution in [2.45, 2.75) is 38.2 Å². The van der Waals surface area contributed by atoms with E-state index in [-0.39, 0.29) is 23.7 Å². The van der Waals surface area contributed by atoms with Crippen LogP contribution in [0.4, 0.5) is 0 Å². The Morgan fingerprint density at radius 1 is 1.33 bits per heavy atom. The minimum Gasteiger partial charge on any atom is -0.496 e. The molecular formula is C18H22O3. The zero-order chi connectivity index (χ0) is 14.8. The van der Waals surface area contributed by atoms with E-state index in [0.29, 0.717) is 6.61 Å². The molecule has 21 heavy (non-hydrogen) atoms. The maximum absolute atomic E-state index is 12.8. The van der Waals surface area contributed by atoms with Gasteiger partial charge < -0.3 is 9.47 Å². The number of ketones is 1. The maximum Gasteiger partial charge on any atom is 0.169 e. The molecule has 0 bridgehead atoms. The number of Topliss-reactive ketones (excluding diaryl/α,β-unsaturated/α-hetero) is 1. The highest BCUT2D eigenvalue weighted by atomic mass is 16.5. The third kappa shape index (κ3) is 2.40. The molecule has 0 radical (unpaired) electrons. The van der Waals surface area contributed by atoms with Gasteiger partial charge in [0.15, 0.2) is 5.78 Å². The smallest absolute Gasteiger partial charge is 0.169 e. The molecule has 2 aliphatic rings. The first-order valence-corrected chi connectivity index (χ1v) is 7.71. The van der Waals surface area contributed by atoms with Crippen molar-refractivity contribution < 1.29 is 14.3 Å². The van der Waals surface area contributed by atoms with Crippen LogP contribution in [0.2, 0.25) is 0 Å². The van der Waals surface area contributed by atoms with E-state index < -0.39 is 0 Å². The van der Waals surface area contributed by atoms with E-state index in [0.717, 1.165) is 36.1 Å². The molecule has 0 aromatic heterocycles. The van der Waals surface area contributed by atoms with E-state index >= 15 is 0 Å². The van der Waals surface area contributed by atoms with Gasteiger partial charge in [-0.25, -0.2) is 0 Å². The van der Waals surface area contributed by atoms with Gasteiger partial charge in [-0.15, -0.1) is 0 Å². The van der Waals surface area contributed by atoms with Crippen LogP contribution in [0.1, 0.15) is 48.0 Å². The summed E-state index contributed by atoms with van der Waals surface area (Å²) < 4.78 is 11.4. The molecule has 0 amide bonds. The monoisotopic (exact) mass is 286 g/mol. The second-order valence-electron chi connectivity index (χ2n) is 5.79. The molecule has 1 aromatic rings. The largest absolute Gasteiger partial charge is 0.496 e. The molecule has 3 heteroatoms. The van der Waals surface area contributed by atoms with E-state index in [2.05, 4.69) is 0 Å². The van der Waals surface area contributed by atoms with Crippen molar-refractivity contribution in [2.24, 2.45) is 5.92 Å². The Hall–Kier alpha value is -1.61. The summed E-state index contributed by atoms with van der Waals surface area (Å²) in [4.78, 5) is 12.8. The number of carbonyl (C=O) groups is 1. The second kappa shape index (κ2) is 6.02. The van der Waals surface area contributed by atoms with E-state index in [4.69, 9.17) is 9.47 Å². The standard InChI is InChI=1S/C18H22O3/c1-3-4-11-21-15-10-5-7-12-16-13(18(19)17(12)15)8-6-9-14(16)20-2/h3-4,6,8-9,12,15,17H,5,7,10-11H2,1-2H3. The number of methoxy groups -OCH3 is 1. The molecule has 3 rings (SSSR count). The lowest BCUT2D eigenvalue weighted by Gasteiger charge is -2.33. The Bertz CT molecular complexity index is 562. The van der Waals surface area contributed by atoms with Gasteiger partial charge in [-0.05, 0) is 25.8 Å². The SMILES string of the molecule is CC=CCOC1CCCC2c3c(OC)cccc3C(=O)C12. The van der Waals surface area contributed by atoms with Crippen LogP contribution in [-0.4, -0.2) is 25.6 Å². The third-order valence-electron chi connectivity index (χ3n) is 4.71. The van der Waals surface area contributed by atoms with Crippen LogP contribution in [0, 0.1) is 5.92 Å². The summed E-state index contributed by atoms with van der Waals surface area (Å²) in [5.41, 5.74) is 1.94. The van der Waals surface area contributed by atoms with Crippen LogP contribution >= 0.6 is 0 Å². The van der Waals surface area contributed by atoms with Gasteiger partial charge in [-0.3, -0.25) is 4.79 Å². The van der Waals surface area contributed by atoms with Crippen molar-refractivity contribution in [2.75, 3.05) is 13.7 Å². The van der Waals surface area contributed by atoms with Crippen molar-refractivity contribution in [1.82, 2.24) is 0 Å². The minimum atomic E-state index is -0.0321. The van der Waals surface area contributed by atoms with Gasteiger partial charge in [0.1, 0.15) is 5.75 Å². The van der Waals surface area contributed by atoms with Crippen LogP contribution in [0.5, 0.6) is 5.75 Å². The van der Waals surface area contributed by atoms with Crippen molar-refractivity contribution in [3.05, 3.63) is 41.5 Å². The van der Waals surface area contributed by atoms with Crippen LogP contribution in [0.25, 0.3) is 0 Å². The van der Waals surface area contributed by atoms with Gasteiger partial charge >= 0.3 is 0 Å². The molecule has 1 fully saturated rings. The molecule has 3 nitrogen and oxygen atoms in total. The first-order chi connectivity index (χ1) is 10.3. The Labute approximate surface area is 125 Å². The zero-order valence-corrected chi connectivity index (χ0v) is 12.7. The molecule has 0 heterocycles.